The molecule has 0 aliphatic heterocycles. The summed E-state index contributed by atoms with van der Waals surface area (Å²) in [6.45, 7) is 5.98. The zero-order chi connectivity index (χ0) is 18.5. The monoisotopic (exact) mass is 375 g/mol. The predicted molar refractivity (Wildman–Crippen MR) is 104 cm³/mol. The summed E-state index contributed by atoms with van der Waals surface area (Å²) < 4.78 is 5.86. The average molecular weight is 376 g/mol. The number of halogens is 1. The number of benzene rings is 1. The largest absolute Gasteiger partial charge is 0.481 e. The molecular weight excluding hydrogens is 346 g/mol. The first-order chi connectivity index (χ1) is 12.3. The van der Waals surface area contributed by atoms with Gasteiger partial charge in [-0.25, -0.2) is 0 Å². The first-order valence-corrected chi connectivity index (χ1v) is 10.5. The number of nitrogens with one attached hydrogen (secondary N) is 1. The Morgan fingerprint density at radius 2 is 1.73 bits per heavy atom. The second-order valence-electron chi connectivity index (χ2n) is 9.18. The number of carbonyl (C=O) groups excluding carboxylic acids is 1. The average Bonchev–Trinajstić information content (AvgIpc) is 2.57. The second-order valence-corrected chi connectivity index (χ2v) is 9.59. The van der Waals surface area contributed by atoms with Crippen LogP contribution in [-0.2, 0) is 4.79 Å². The van der Waals surface area contributed by atoms with E-state index in [2.05, 4.69) is 12.2 Å². The van der Waals surface area contributed by atoms with E-state index in [9.17, 15) is 4.79 Å². The zero-order valence-electron chi connectivity index (χ0n) is 16.1. The highest BCUT2D eigenvalue weighted by molar-refractivity contribution is 6.31. The van der Waals surface area contributed by atoms with Gasteiger partial charge < -0.3 is 10.1 Å². The molecule has 4 saturated carbocycles. The molecule has 4 bridgehead atoms. The Kier molecular flexibility index (Phi) is 4.71. The van der Waals surface area contributed by atoms with Crippen LogP contribution in [0.3, 0.4) is 0 Å². The minimum Gasteiger partial charge on any atom is -0.481 e. The van der Waals surface area contributed by atoms with E-state index in [1.54, 1.807) is 0 Å². The van der Waals surface area contributed by atoms with Crippen LogP contribution in [0.5, 0.6) is 5.75 Å². The van der Waals surface area contributed by atoms with Gasteiger partial charge in [-0.05, 0) is 106 Å². The van der Waals surface area contributed by atoms with Crippen molar-refractivity contribution in [2.75, 3.05) is 0 Å². The summed E-state index contributed by atoms with van der Waals surface area (Å²) in [6.07, 6.45) is 7.66. The minimum atomic E-state index is -0.507. The van der Waals surface area contributed by atoms with E-state index in [0.717, 1.165) is 23.3 Å². The van der Waals surface area contributed by atoms with E-state index in [1.807, 2.05) is 32.0 Å². The van der Waals surface area contributed by atoms with Gasteiger partial charge in [0, 0.05) is 11.1 Å². The van der Waals surface area contributed by atoms with Crippen LogP contribution >= 0.6 is 11.6 Å². The van der Waals surface area contributed by atoms with Crippen LogP contribution in [0.2, 0.25) is 5.02 Å². The quantitative estimate of drug-likeness (QED) is 0.774. The number of ether oxygens (including phenoxy) is 1. The highest BCUT2D eigenvalue weighted by Crippen LogP contribution is 2.61. The molecule has 4 heteroatoms. The molecule has 0 radical (unpaired) electrons. The lowest BCUT2D eigenvalue weighted by molar-refractivity contribution is -0.131. The van der Waals surface area contributed by atoms with Crippen LogP contribution in [0.15, 0.2) is 18.2 Å². The smallest absolute Gasteiger partial charge is 0.261 e. The van der Waals surface area contributed by atoms with Gasteiger partial charge in [0.15, 0.2) is 6.10 Å². The fraction of sp³-hybridized carbons (Fsp3) is 0.682. The fourth-order valence-corrected chi connectivity index (χ4v) is 6.26. The third-order valence-corrected chi connectivity index (χ3v) is 7.60. The van der Waals surface area contributed by atoms with Gasteiger partial charge in [0.2, 0.25) is 0 Å². The molecule has 1 N–H and O–H groups in total. The van der Waals surface area contributed by atoms with Crippen LogP contribution in [0.4, 0.5) is 0 Å². The second kappa shape index (κ2) is 6.74. The Hall–Kier alpha value is -1.22. The van der Waals surface area contributed by atoms with E-state index in [4.69, 9.17) is 16.3 Å². The Balaban J connectivity index is 1.38. The minimum absolute atomic E-state index is 0.0131. The summed E-state index contributed by atoms with van der Waals surface area (Å²) >= 11 is 6.06. The van der Waals surface area contributed by atoms with Gasteiger partial charge in [-0.1, -0.05) is 11.6 Å². The molecule has 4 aliphatic carbocycles. The van der Waals surface area contributed by atoms with Crippen molar-refractivity contribution in [3.63, 3.8) is 0 Å². The normalized spacial score (nSPS) is 34.4. The fourth-order valence-electron chi connectivity index (χ4n) is 6.14. The number of aryl methyl sites for hydroxylation is 1. The van der Waals surface area contributed by atoms with Gasteiger partial charge in [-0.15, -0.1) is 0 Å². The third kappa shape index (κ3) is 3.35. The predicted octanol–water partition coefficient (Wildman–Crippen LogP) is 5.14. The Labute approximate surface area is 161 Å². The van der Waals surface area contributed by atoms with Crippen molar-refractivity contribution in [3.05, 3.63) is 28.8 Å². The van der Waals surface area contributed by atoms with Crippen molar-refractivity contribution in [3.8, 4) is 5.75 Å². The van der Waals surface area contributed by atoms with Gasteiger partial charge >= 0.3 is 0 Å². The number of amides is 1. The highest BCUT2D eigenvalue weighted by atomic mass is 35.5. The van der Waals surface area contributed by atoms with Crippen molar-refractivity contribution in [1.82, 2.24) is 5.32 Å². The zero-order valence-corrected chi connectivity index (χ0v) is 16.8. The highest BCUT2D eigenvalue weighted by Gasteiger charge is 2.53. The SMILES string of the molecule is Cc1cc(OC(C)C(=O)NC(C)C23CC4CC(CC(C4)C2)C3)ccc1Cl. The third-order valence-electron chi connectivity index (χ3n) is 7.17. The maximum Gasteiger partial charge on any atom is 0.261 e. The standard InChI is InChI=1S/C22H30ClNO2/c1-13-6-19(4-5-20(13)23)26-14(2)21(25)24-15(3)22-10-16-7-17(11-22)9-18(8-16)12-22/h4-6,14-18H,7-12H2,1-3H3,(H,24,25). The Morgan fingerprint density at radius 3 is 2.27 bits per heavy atom. The van der Waals surface area contributed by atoms with Crippen molar-refractivity contribution in [2.24, 2.45) is 23.2 Å². The van der Waals surface area contributed by atoms with E-state index < -0.39 is 6.10 Å². The lowest BCUT2D eigenvalue weighted by atomic mass is 9.48. The lowest BCUT2D eigenvalue weighted by Gasteiger charge is -2.59. The summed E-state index contributed by atoms with van der Waals surface area (Å²) in [5.74, 6) is 3.36. The van der Waals surface area contributed by atoms with Crippen molar-refractivity contribution in [2.45, 2.75) is 71.4 Å². The molecule has 0 heterocycles. The number of hydrogen-bond acceptors (Lipinski definition) is 2. The van der Waals surface area contributed by atoms with Gasteiger partial charge in [0.1, 0.15) is 5.75 Å². The first kappa shape index (κ1) is 18.2. The molecule has 4 fully saturated rings. The summed E-state index contributed by atoms with van der Waals surface area (Å²) in [7, 11) is 0. The molecule has 1 amide bonds. The molecule has 26 heavy (non-hydrogen) atoms. The molecule has 2 unspecified atom stereocenters. The molecule has 1 aromatic carbocycles. The summed E-state index contributed by atoms with van der Waals surface area (Å²) in [5, 5.41) is 4.01. The Morgan fingerprint density at radius 1 is 1.15 bits per heavy atom. The molecule has 5 rings (SSSR count). The van der Waals surface area contributed by atoms with Crippen LogP contribution in [-0.4, -0.2) is 18.1 Å². The molecule has 4 aliphatic rings. The maximum atomic E-state index is 12.7. The van der Waals surface area contributed by atoms with Crippen LogP contribution < -0.4 is 10.1 Å². The van der Waals surface area contributed by atoms with Gasteiger partial charge in [0.05, 0.1) is 0 Å². The number of rotatable bonds is 5. The topological polar surface area (TPSA) is 38.3 Å². The molecule has 0 aromatic heterocycles. The van der Waals surface area contributed by atoms with Crippen molar-refractivity contribution >= 4 is 17.5 Å². The van der Waals surface area contributed by atoms with Crippen molar-refractivity contribution in [1.29, 1.82) is 0 Å². The molecule has 1 aromatic rings. The van der Waals surface area contributed by atoms with Gasteiger partial charge in [-0.2, -0.15) is 0 Å². The first-order valence-electron chi connectivity index (χ1n) is 10.1. The summed E-state index contributed by atoms with van der Waals surface area (Å²) in [5.41, 5.74) is 1.28. The molecule has 0 saturated heterocycles. The Bertz CT molecular complexity index is 666. The summed E-state index contributed by atoms with van der Waals surface area (Å²) in [6, 6.07) is 5.74. The van der Waals surface area contributed by atoms with Gasteiger partial charge in [0.25, 0.3) is 5.91 Å². The van der Waals surface area contributed by atoms with Gasteiger partial charge in [-0.3, -0.25) is 4.79 Å². The summed E-state index contributed by atoms with van der Waals surface area (Å²) in [4.78, 5) is 12.7. The van der Waals surface area contributed by atoms with Crippen LogP contribution in [0, 0.1) is 30.1 Å². The van der Waals surface area contributed by atoms with E-state index in [1.165, 1.54) is 38.5 Å². The van der Waals surface area contributed by atoms with Crippen LogP contribution in [0.1, 0.15) is 57.9 Å². The van der Waals surface area contributed by atoms with E-state index in [-0.39, 0.29) is 11.9 Å². The number of hydrogen-bond donors (Lipinski definition) is 1. The lowest BCUT2D eigenvalue weighted by Crippen LogP contribution is -2.57. The molecular formula is C22H30ClNO2. The molecule has 142 valence electrons. The maximum absolute atomic E-state index is 12.7. The van der Waals surface area contributed by atoms with E-state index in [0.29, 0.717) is 16.2 Å². The molecule has 2 atom stereocenters. The molecule has 3 nitrogen and oxygen atoms in total. The number of carbonyl (C=O) groups is 1. The van der Waals surface area contributed by atoms with Crippen molar-refractivity contribution < 1.29 is 9.53 Å². The van der Waals surface area contributed by atoms with E-state index >= 15 is 0 Å². The molecule has 0 spiro atoms. The van der Waals surface area contributed by atoms with Crippen LogP contribution in [0.25, 0.3) is 0 Å².